The average molecular weight is 203 g/mol. The summed E-state index contributed by atoms with van der Waals surface area (Å²) >= 11 is 0. The monoisotopic (exact) mass is 203 g/mol. The summed E-state index contributed by atoms with van der Waals surface area (Å²) in [5, 5.41) is 12.0. The van der Waals surface area contributed by atoms with Crippen molar-refractivity contribution in [2.45, 2.75) is 38.5 Å². The zero-order valence-corrected chi connectivity index (χ0v) is 9.43. The Kier molecular flexibility index (Phi) is 12.8. The third-order valence-corrected chi connectivity index (χ3v) is 2.21. The molecule has 0 amide bonds. The van der Waals surface area contributed by atoms with Crippen molar-refractivity contribution in [3.05, 3.63) is 0 Å². The van der Waals surface area contributed by atoms with Crippen LogP contribution in [0.5, 0.6) is 0 Å². The summed E-state index contributed by atoms with van der Waals surface area (Å²) in [5.74, 6) is 0. The lowest BCUT2D eigenvalue weighted by Crippen LogP contribution is -2.16. The van der Waals surface area contributed by atoms with Gasteiger partial charge in [0.2, 0.25) is 0 Å². The molecule has 14 heavy (non-hydrogen) atoms. The first-order valence-electron chi connectivity index (χ1n) is 5.72. The number of aliphatic hydroxyl groups excluding tert-OH is 1. The zero-order chi connectivity index (χ0) is 10.5. The van der Waals surface area contributed by atoms with Crippen LogP contribution >= 0.6 is 0 Å². The van der Waals surface area contributed by atoms with Crippen molar-refractivity contribution < 1.29 is 9.84 Å². The van der Waals surface area contributed by atoms with Gasteiger partial charge in [-0.3, -0.25) is 0 Å². The highest BCUT2D eigenvalue weighted by atomic mass is 16.5. The van der Waals surface area contributed by atoms with E-state index < -0.39 is 0 Å². The number of aliphatic hydroxyl groups is 1. The molecule has 0 radical (unpaired) electrons. The van der Waals surface area contributed by atoms with Crippen LogP contribution in [-0.2, 0) is 4.74 Å². The maximum Gasteiger partial charge on any atom is 0.0462 e. The molecule has 0 saturated carbocycles. The Hall–Kier alpha value is -0.120. The molecule has 2 N–H and O–H groups in total. The number of hydrogen-bond acceptors (Lipinski definition) is 3. The first kappa shape index (κ1) is 13.9. The second-order valence-corrected chi connectivity index (χ2v) is 3.59. The van der Waals surface area contributed by atoms with E-state index in [1.165, 1.54) is 25.7 Å². The maximum absolute atomic E-state index is 8.56. The third-order valence-electron chi connectivity index (χ3n) is 2.21. The van der Waals surface area contributed by atoms with Gasteiger partial charge >= 0.3 is 0 Å². The molecule has 0 spiro atoms. The summed E-state index contributed by atoms with van der Waals surface area (Å²) in [6.45, 7) is 3.42. The molecule has 0 rings (SSSR count). The van der Waals surface area contributed by atoms with Crippen molar-refractivity contribution in [2.75, 3.05) is 33.4 Å². The minimum atomic E-state index is 0.330. The normalized spacial score (nSPS) is 10.7. The molecule has 0 heterocycles. The zero-order valence-electron chi connectivity index (χ0n) is 9.43. The van der Waals surface area contributed by atoms with E-state index in [4.69, 9.17) is 9.84 Å². The molecule has 86 valence electrons. The fourth-order valence-corrected chi connectivity index (χ4v) is 1.34. The lowest BCUT2D eigenvalue weighted by atomic mass is 10.2. The van der Waals surface area contributed by atoms with E-state index in [2.05, 4.69) is 5.32 Å². The van der Waals surface area contributed by atoms with E-state index in [-0.39, 0.29) is 0 Å². The number of hydrogen-bond donors (Lipinski definition) is 2. The van der Waals surface area contributed by atoms with Crippen LogP contribution in [0.1, 0.15) is 38.5 Å². The molecular formula is C11H25NO2. The Bertz CT molecular complexity index is 87.3. The fourth-order valence-electron chi connectivity index (χ4n) is 1.34. The largest absolute Gasteiger partial charge is 0.396 e. The predicted octanol–water partition coefficient (Wildman–Crippen LogP) is 1.56. The van der Waals surface area contributed by atoms with Crippen LogP contribution in [0.25, 0.3) is 0 Å². The molecule has 0 aromatic carbocycles. The van der Waals surface area contributed by atoms with E-state index in [0.29, 0.717) is 6.61 Å². The van der Waals surface area contributed by atoms with Crippen molar-refractivity contribution in [3.8, 4) is 0 Å². The smallest absolute Gasteiger partial charge is 0.0462 e. The van der Waals surface area contributed by atoms with Crippen molar-refractivity contribution in [2.24, 2.45) is 0 Å². The summed E-state index contributed by atoms with van der Waals surface area (Å²) in [6.07, 6.45) is 6.91. The second kappa shape index (κ2) is 12.9. The molecule has 0 aromatic rings. The van der Waals surface area contributed by atoms with Crippen LogP contribution in [0, 0.1) is 0 Å². The van der Waals surface area contributed by atoms with Crippen LogP contribution in [0.4, 0.5) is 0 Å². The Labute approximate surface area is 87.8 Å². The predicted molar refractivity (Wildman–Crippen MR) is 59.5 cm³/mol. The average Bonchev–Trinajstić information content (AvgIpc) is 2.21. The summed E-state index contributed by atoms with van der Waals surface area (Å²) in [5.41, 5.74) is 0. The molecule has 0 aliphatic rings. The molecule has 0 saturated heterocycles. The van der Waals surface area contributed by atoms with Gasteiger partial charge in [0.05, 0.1) is 0 Å². The molecule has 0 fully saturated rings. The van der Waals surface area contributed by atoms with Crippen LogP contribution in [0.15, 0.2) is 0 Å². The van der Waals surface area contributed by atoms with Gasteiger partial charge in [-0.25, -0.2) is 0 Å². The molecule has 0 aliphatic heterocycles. The van der Waals surface area contributed by atoms with Crippen molar-refractivity contribution >= 4 is 0 Å². The van der Waals surface area contributed by atoms with Crippen LogP contribution in [0.2, 0.25) is 0 Å². The lowest BCUT2D eigenvalue weighted by molar-refractivity contribution is 0.192. The summed E-state index contributed by atoms with van der Waals surface area (Å²) < 4.78 is 4.97. The molecule has 0 bridgehead atoms. The number of ether oxygens (including phenoxy) is 1. The Balaban J connectivity index is 2.78. The Morgan fingerprint density at radius 2 is 1.57 bits per heavy atom. The van der Waals surface area contributed by atoms with Gasteiger partial charge < -0.3 is 15.2 Å². The molecule has 0 atom stereocenters. The Morgan fingerprint density at radius 3 is 2.14 bits per heavy atom. The van der Waals surface area contributed by atoms with Gasteiger partial charge in [-0.1, -0.05) is 0 Å². The van der Waals surface area contributed by atoms with Crippen LogP contribution in [0.3, 0.4) is 0 Å². The van der Waals surface area contributed by atoms with Gasteiger partial charge in [-0.05, 0) is 51.6 Å². The first-order valence-corrected chi connectivity index (χ1v) is 5.72. The van der Waals surface area contributed by atoms with E-state index in [9.17, 15) is 0 Å². The highest BCUT2D eigenvalue weighted by molar-refractivity contribution is 4.49. The van der Waals surface area contributed by atoms with E-state index in [1.807, 2.05) is 0 Å². The number of rotatable bonds is 11. The Morgan fingerprint density at radius 1 is 0.929 bits per heavy atom. The highest BCUT2D eigenvalue weighted by Gasteiger charge is 1.90. The SMILES string of the molecule is COCCCCCNCCCCCO. The third kappa shape index (κ3) is 11.9. The van der Waals surface area contributed by atoms with Gasteiger partial charge in [0, 0.05) is 20.3 Å². The van der Waals surface area contributed by atoms with Crippen molar-refractivity contribution in [1.29, 1.82) is 0 Å². The molecule has 0 unspecified atom stereocenters. The summed E-state index contributed by atoms with van der Waals surface area (Å²) in [7, 11) is 1.75. The summed E-state index contributed by atoms with van der Waals surface area (Å²) in [4.78, 5) is 0. The fraction of sp³-hybridized carbons (Fsp3) is 1.00. The van der Waals surface area contributed by atoms with Gasteiger partial charge in [0.25, 0.3) is 0 Å². The van der Waals surface area contributed by atoms with Gasteiger partial charge in [0.1, 0.15) is 0 Å². The van der Waals surface area contributed by atoms with Crippen molar-refractivity contribution in [3.63, 3.8) is 0 Å². The number of unbranched alkanes of at least 4 members (excludes halogenated alkanes) is 4. The molecular weight excluding hydrogens is 178 g/mol. The quantitative estimate of drug-likeness (QED) is 0.501. The lowest BCUT2D eigenvalue weighted by Gasteiger charge is -2.04. The van der Waals surface area contributed by atoms with E-state index >= 15 is 0 Å². The molecule has 0 aromatic heterocycles. The summed E-state index contributed by atoms with van der Waals surface area (Å²) in [6, 6.07) is 0. The van der Waals surface area contributed by atoms with Crippen molar-refractivity contribution in [1.82, 2.24) is 5.32 Å². The standard InChI is InChI=1S/C11H25NO2/c1-14-11-7-3-5-9-12-8-4-2-6-10-13/h12-13H,2-11H2,1H3. The first-order chi connectivity index (χ1) is 6.91. The van der Waals surface area contributed by atoms with E-state index in [1.54, 1.807) is 7.11 Å². The number of methoxy groups -OCH3 is 1. The molecule has 0 aliphatic carbocycles. The minimum absolute atomic E-state index is 0.330. The number of nitrogens with one attached hydrogen (secondary N) is 1. The highest BCUT2D eigenvalue weighted by Crippen LogP contribution is 1.95. The molecule has 3 heteroatoms. The van der Waals surface area contributed by atoms with Gasteiger partial charge in [-0.2, -0.15) is 0 Å². The van der Waals surface area contributed by atoms with E-state index in [0.717, 1.165) is 32.5 Å². The van der Waals surface area contributed by atoms with Gasteiger partial charge in [0.15, 0.2) is 0 Å². The van der Waals surface area contributed by atoms with Gasteiger partial charge in [-0.15, -0.1) is 0 Å². The van der Waals surface area contributed by atoms with Crippen LogP contribution < -0.4 is 5.32 Å². The van der Waals surface area contributed by atoms with Crippen LogP contribution in [-0.4, -0.2) is 38.5 Å². The topological polar surface area (TPSA) is 41.5 Å². The second-order valence-electron chi connectivity index (χ2n) is 3.59. The minimum Gasteiger partial charge on any atom is -0.396 e. The maximum atomic E-state index is 8.56. The molecule has 3 nitrogen and oxygen atoms in total.